The third kappa shape index (κ3) is 7.53. The molecule has 0 radical (unpaired) electrons. The van der Waals surface area contributed by atoms with E-state index in [0.717, 1.165) is 70.9 Å². The molecule has 0 aromatic rings. The average molecular weight is 494 g/mol. The number of allylic oxidation sites excluding steroid dienone is 1. The molecule has 3 fully saturated rings. The summed E-state index contributed by atoms with van der Waals surface area (Å²) in [6.45, 7) is 9.85. The Bertz CT molecular complexity index is 744. The molecule has 4 unspecified atom stereocenters. The fraction of sp³-hybridized carbons (Fsp3) is 0.857. The van der Waals surface area contributed by atoms with Gasteiger partial charge in [0.1, 0.15) is 23.4 Å². The number of hydrogen-bond donors (Lipinski definition) is 1. The van der Waals surface area contributed by atoms with Crippen LogP contribution in [0.5, 0.6) is 0 Å². The molecule has 1 saturated carbocycles. The number of carbonyl (C=O) groups is 2. The van der Waals surface area contributed by atoms with Crippen LogP contribution in [0.2, 0.25) is 0 Å². The number of amides is 1. The Morgan fingerprint density at radius 2 is 1.83 bits per heavy atom. The number of hydrogen-bond acceptors (Lipinski definition) is 6. The summed E-state index contributed by atoms with van der Waals surface area (Å²) >= 11 is 0. The van der Waals surface area contributed by atoms with Gasteiger partial charge in [0.15, 0.2) is 0 Å². The van der Waals surface area contributed by atoms with Crippen LogP contribution < -0.4 is 5.32 Å². The highest BCUT2D eigenvalue weighted by Crippen LogP contribution is 2.59. The molecule has 0 bridgehead atoms. The van der Waals surface area contributed by atoms with Crippen LogP contribution in [0.1, 0.15) is 98.3 Å². The van der Waals surface area contributed by atoms with Gasteiger partial charge in [-0.3, -0.25) is 9.59 Å². The summed E-state index contributed by atoms with van der Waals surface area (Å²) in [4.78, 5) is 24.1. The van der Waals surface area contributed by atoms with Crippen molar-refractivity contribution in [3.05, 3.63) is 11.6 Å². The quantitative estimate of drug-likeness (QED) is 0.152. The number of epoxide rings is 2. The van der Waals surface area contributed by atoms with Gasteiger partial charge < -0.3 is 24.3 Å². The van der Waals surface area contributed by atoms with Gasteiger partial charge >= 0.3 is 5.97 Å². The molecule has 6 atom stereocenters. The van der Waals surface area contributed by atoms with E-state index in [9.17, 15) is 9.59 Å². The molecule has 35 heavy (non-hydrogen) atoms. The first-order chi connectivity index (χ1) is 16.8. The van der Waals surface area contributed by atoms with E-state index in [4.69, 9.17) is 18.9 Å². The van der Waals surface area contributed by atoms with E-state index in [0.29, 0.717) is 12.8 Å². The molecule has 0 aromatic heterocycles. The van der Waals surface area contributed by atoms with Crippen molar-refractivity contribution in [2.75, 3.05) is 20.3 Å². The third-order valence-electron chi connectivity index (χ3n) is 7.88. The van der Waals surface area contributed by atoms with Crippen molar-refractivity contribution in [3.63, 3.8) is 0 Å². The Balaban J connectivity index is 1.40. The number of methoxy groups -OCH3 is 1. The van der Waals surface area contributed by atoms with Crippen molar-refractivity contribution in [2.24, 2.45) is 5.92 Å². The molecule has 7 nitrogen and oxygen atoms in total. The normalized spacial score (nSPS) is 33.3. The van der Waals surface area contributed by atoms with Crippen molar-refractivity contribution in [1.29, 1.82) is 0 Å². The SMILES string of the molecule is CCCC(=O)NCCCCCCCC(=O)OC1CC[C@]2(CO2)C(C2(C)O[C@@H]2CC=C(C)C)C1OC. The minimum absolute atomic E-state index is 0.0555. The van der Waals surface area contributed by atoms with Crippen LogP contribution in [0.3, 0.4) is 0 Å². The van der Waals surface area contributed by atoms with Crippen molar-refractivity contribution in [2.45, 2.75) is 128 Å². The molecule has 200 valence electrons. The smallest absolute Gasteiger partial charge is 0.306 e. The van der Waals surface area contributed by atoms with Gasteiger partial charge in [-0.1, -0.05) is 37.8 Å². The molecule has 2 saturated heterocycles. The Hall–Kier alpha value is -1.44. The number of ether oxygens (including phenoxy) is 4. The zero-order valence-electron chi connectivity index (χ0n) is 22.5. The number of esters is 1. The Kier molecular flexibility index (Phi) is 10.2. The molecular weight excluding hydrogens is 446 g/mol. The van der Waals surface area contributed by atoms with Crippen LogP contribution in [0.25, 0.3) is 0 Å². The van der Waals surface area contributed by atoms with E-state index in [1.54, 1.807) is 7.11 Å². The Labute approximate surface area is 211 Å². The molecule has 3 rings (SSSR count). The molecule has 1 spiro atoms. The molecule has 1 N–H and O–H groups in total. The highest BCUT2D eigenvalue weighted by molar-refractivity contribution is 5.75. The Morgan fingerprint density at radius 3 is 2.49 bits per heavy atom. The van der Waals surface area contributed by atoms with E-state index in [-0.39, 0.29) is 47.3 Å². The maximum atomic E-state index is 12.6. The van der Waals surface area contributed by atoms with Gasteiger partial charge in [0, 0.05) is 26.5 Å². The highest BCUT2D eigenvalue weighted by Gasteiger charge is 2.72. The van der Waals surface area contributed by atoms with Gasteiger partial charge in [-0.15, -0.1) is 0 Å². The second-order valence-corrected chi connectivity index (χ2v) is 11.0. The van der Waals surface area contributed by atoms with E-state index >= 15 is 0 Å². The molecule has 0 aromatic carbocycles. The average Bonchev–Trinajstić information content (AvgIpc) is 3.72. The first-order valence-corrected chi connectivity index (χ1v) is 13.7. The third-order valence-corrected chi connectivity index (χ3v) is 7.88. The highest BCUT2D eigenvalue weighted by atomic mass is 16.6. The van der Waals surface area contributed by atoms with E-state index in [2.05, 4.69) is 32.2 Å². The van der Waals surface area contributed by atoms with E-state index in [1.165, 1.54) is 5.57 Å². The fourth-order valence-corrected chi connectivity index (χ4v) is 5.77. The Morgan fingerprint density at radius 1 is 1.11 bits per heavy atom. The number of unbranched alkanes of at least 4 members (excludes halogenated alkanes) is 4. The van der Waals surface area contributed by atoms with Crippen LogP contribution in [0, 0.1) is 5.92 Å². The fourth-order valence-electron chi connectivity index (χ4n) is 5.77. The van der Waals surface area contributed by atoms with Crippen LogP contribution in [0.15, 0.2) is 11.6 Å². The lowest BCUT2D eigenvalue weighted by Gasteiger charge is -2.42. The minimum Gasteiger partial charge on any atom is -0.460 e. The van der Waals surface area contributed by atoms with Gasteiger partial charge in [0.25, 0.3) is 0 Å². The molecule has 1 amide bonds. The summed E-state index contributed by atoms with van der Waals surface area (Å²) < 4.78 is 24.1. The number of carbonyl (C=O) groups excluding carboxylic acids is 2. The maximum Gasteiger partial charge on any atom is 0.306 e. The second-order valence-electron chi connectivity index (χ2n) is 11.0. The lowest BCUT2D eigenvalue weighted by Crippen LogP contribution is -2.55. The number of rotatable bonds is 15. The predicted octanol–water partition coefficient (Wildman–Crippen LogP) is 4.86. The van der Waals surface area contributed by atoms with Crippen molar-refractivity contribution in [3.8, 4) is 0 Å². The summed E-state index contributed by atoms with van der Waals surface area (Å²) in [5.74, 6) is 0.0533. The van der Waals surface area contributed by atoms with Crippen LogP contribution in [0.4, 0.5) is 0 Å². The van der Waals surface area contributed by atoms with Crippen molar-refractivity contribution >= 4 is 11.9 Å². The van der Waals surface area contributed by atoms with Gasteiger partial charge in [-0.05, 0) is 59.3 Å². The summed E-state index contributed by atoms with van der Waals surface area (Å²) in [7, 11) is 1.71. The van der Waals surface area contributed by atoms with Gasteiger partial charge in [-0.25, -0.2) is 0 Å². The summed E-state index contributed by atoms with van der Waals surface area (Å²) in [5, 5.41) is 2.95. The molecule has 2 aliphatic heterocycles. The lowest BCUT2D eigenvalue weighted by molar-refractivity contribution is -0.172. The van der Waals surface area contributed by atoms with Crippen LogP contribution in [-0.2, 0) is 28.5 Å². The summed E-state index contributed by atoms with van der Waals surface area (Å²) in [6, 6.07) is 0. The topological polar surface area (TPSA) is 89.7 Å². The first kappa shape index (κ1) is 28.1. The minimum atomic E-state index is -0.315. The van der Waals surface area contributed by atoms with Crippen LogP contribution >= 0.6 is 0 Å². The van der Waals surface area contributed by atoms with E-state index < -0.39 is 0 Å². The van der Waals surface area contributed by atoms with E-state index in [1.807, 2.05) is 6.92 Å². The lowest BCUT2D eigenvalue weighted by atomic mass is 9.68. The maximum absolute atomic E-state index is 12.6. The van der Waals surface area contributed by atoms with Gasteiger partial charge in [-0.2, -0.15) is 0 Å². The molecule has 2 heterocycles. The zero-order chi connectivity index (χ0) is 25.5. The second kappa shape index (κ2) is 12.7. The standard InChI is InChI=1S/C28H47NO6/c1-6-12-23(30)29-18-11-9-7-8-10-13-24(31)34-21-16-17-28(19-33-28)26(25(21)32-5)27(4)22(35-27)15-14-20(2)3/h14,21-22,25-26H,6-13,15-19H2,1-5H3,(H,29,30)/t21?,22-,25?,26?,27?,28+/m1/s1. The molecular formula is C28H47NO6. The van der Waals surface area contributed by atoms with Crippen LogP contribution in [-0.4, -0.2) is 61.7 Å². The molecule has 3 aliphatic rings. The zero-order valence-corrected chi connectivity index (χ0v) is 22.5. The summed E-state index contributed by atoms with van der Waals surface area (Å²) in [5.41, 5.74) is 0.774. The summed E-state index contributed by atoms with van der Waals surface area (Å²) in [6.07, 6.45) is 11.3. The van der Waals surface area contributed by atoms with Gasteiger partial charge in [0.2, 0.25) is 5.91 Å². The predicted molar refractivity (Wildman–Crippen MR) is 135 cm³/mol. The largest absolute Gasteiger partial charge is 0.460 e. The molecule has 1 aliphatic carbocycles. The van der Waals surface area contributed by atoms with Gasteiger partial charge in [0.05, 0.1) is 18.6 Å². The van der Waals surface area contributed by atoms with Crippen molar-refractivity contribution < 1.29 is 28.5 Å². The number of nitrogens with one attached hydrogen (secondary N) is 1. The monoisotopic (exact) mass is 493 g/mol. The van der Waals surface area contributed by atoms with Crippen molar-refractivity contribution in [1.82, 2.24) is 5.32 Å². The molecule has 7 heteroatoms. The first-order valence-electron chi connectivity index (χ1n) is 13.7.